The average Bonchev–Trinajstić information content (AvgIpc) is 3.39. The van der Waals surface area contributed by atoms with Crippen LogP contribution in [0.3, 0.4) is 0 Å². The van der Waals surface area contributed by atoms with E-state index in [4.69, 9.17) is 24.3 Å². The molecule has 0 saturated carbocycles. The highest BCUT2D eigenvalue weighted by Crippen LogP contribution is 2.43. The minimum atomic E-state index is -4.39. The first-order valence-corrected chi connectivity index (χ1v) is 31.0. The molecule has 9 nitrogen and oxygen atoms in total. The predicted octanol–water partition coefficient (Wildman–Crippen LogP) is 18.8. The molecular weight excluding hydrogens is 942 g/mol. The molecule has 0 heterocycles. The zero-order valence-electron chi connectivity index (χ0n) is 47.0. The number of allylic oxidation sites excluding steroid dienone is 20. The number of carbonyl (C=O) groups is 2. The molecule has 0 aliphatic rings. The standard InChI is InChI=1S/C64H108NO8P/c1-3-5-7-9-11-13-15-17-18-19-20-21-22-23-24-25-26-27-28-29-30-31-32-33-34-35-36-37-38-39-40-41-42-43-44-45-47-49-51-53-55-57-64(67)73-62(61-72-74(68,69)71-59-58-65)60-70-63(66)56-54-52-50-48-46-16-14-12-10-8-6-4-2/h5,7,11,13,17-18,20-21,23-24,26-27,29-30,32-33,35-36,38-39,62H,3-4,6,8-10,12,14-16,19,22,25,28,31,34,37,40-61,65H2,1-2H3,(H,68,69)/b7-5-,13-11-,18-17-,21-20-,24-23-,27-26-,30-29-,33-32-,36-35-,39-38-. The Morgan fingerprint density at radius 1 is 0.419 bits per heavy atom. The van der Waals surface area contributed by atoms with Crippen molar-refractivity contribution in [3.05, 3.63) is 122 Å². The van der Waals surface area contributed by atoms with Crippen LogP contribution in [0.15, 0.2) is 122 Å². The second-order valence-corrected chi connectivity index (χ2v) is 20.6. The SMILES string of the molecule is CC/C=C\C/C=C\C/C=C\C/C=C\C/C=C\C/C=C\C/C=C\C/C=C\C/C=C\C/C=C\CCCCCCCCCCCCC(=O)OC(COC(=O)CCCCCCCCCCCCCC)COP(=O)(O)OCCN. The number of phosphoric ester groups is 1. The first kappa shape index (κ1) is 70.4. The summed E-state index contributed by atoms with van der Waals surface area (Å²) < 4.78 is 32.9. The van der Waals surface area contributed by atoms with Crippen molar-refractivity contribution >= 4 is 19.8 Å². The molecule has 0 aliphatic carbocycles. The first-order valence-electron chi connectivity index (χ1n) is 29.5. The molecule has 0 aromatic carbocycles. The molecule has 10 heteroatoms. The molecule has 0 radical (unpaired) electrons. The van der Waals surface area contributed by atoms with Crippen LogP contribution < -0.4 is 5.73 Å². The number of hydrogen-bond donors (Lipinski definition) is 2. The zero-order valence-corrected chi connectivity index (χ0v) is 47.9. The second kappa shape index (κ2) is 58.7. The molecule has 74 heavy (non-hydrogen) atoms. The minimum Gasteiger partial charge on any atom is -0.462 e. The van der Waals surface area contributed by atoms with Crippen LogP contribution in [-0.4, -0.2) is 49.3 Å². The van der Waals surface area contributed by atoms with Crippen LogP contribution in [0.5, 0.6) is 0 Å². The van der Waals surface area contributed by atoms with Crippen molar-refractivity contribution in [3.8, 4) is 0 Å². The van der Waals surface area contributed by atoms with E-state index < -0.39 is 26.5 Å². The van der Waals surface area contributed by atoms with Gasteiger partial charge in [0.15, 0.2) is 6.10 Å². The lowest BCUT2D eigenvalue weighted by Crippen LogP contribution is -2.29. The average molecular weight is 1050 g/mol. The van der Waals surface area contributed by atoms with E-state index in [0.717, 1.165) is 109 Å². The van der Waals surface area contributed by atoms with Crippen LogP contribution in [0.4, 0.5) is 0 Å². The van der Waals surface area contributed by atoms with Gasteiger partial charge in [-0.3, -0.25) is 18.6 Å². The van der Waals surface area contributed by atoms with Gasteiger partial charge in [-0.05, 0) is 89.9 Å². The van der Waals surface area contributed by atoms with E-state index in [1.165, 1.54) is 96.3 Å². The van der Waals surface area contributed by atoms with Crippen molar-refractivity contribution in [2.75, 3.05) is 26.4 Å². The summed E-state index contributed by atoms with van der Waals surface area (Å²) >= 11 is 0. The van der Waals surface area contributed by atoms with Crippen LogP contribution in [0.25, 0.3) is 0 Å². The maximum absolute atomic E-state index is 12.7. The molecule has 3 N–H and O–H groups in total. The minimum absolute atomic E-state index is 0.0491. The molecule has 0 aliphatic heterocycles. The zero-order chi connectivity index (χ0) is 53.8. The molecule has 0 fully saturated rings. The summed E-state index contributed by atoms with van der Waals surface area (Å²) in [5.74, 6) is -0.835. The maximum atomic E-state index is 12.7. The number of esters is 2. The smallest absolute Gasteiger partial charge is 0.462 e. The number of nitrogens with two attached hydrogens (primary N) is 1. The number of ether oxygens (including phenoxy) is 2. The van der Waals surface area contributed by atoms with Crippen LogP contribution in [0, 0.1) is 0 Å². The summed E-state index contributed by atoms with van der Waals surface area (Å²) in [6, 6.07) is 0. The van der Waals surface area contributed by atoms with E-state index in [-0.39, 0.29) is 38.6 Å². The van der Waals surface area contributed by atoms with Crippen molar-refractivity contribution in [2.24, 2.45) is 5.73 Å². The topological polar surface area (TPSA) is 134 Å². The third kappa shape index (κ3) is 57.7. The monoisotopic (exact) mass is 1050 g/mol. The molecule has 2 atom stereocenters. The van der Waals surface area contributed by atoms with Crippen LogP contribution >= 0.6 is 7.82 Å². The molecule has 0 amide bonds. The Kier molecular flexibility index (Phi) is 55.8. The fourth-order valence-corrected chi connectivity index (χ4v) is 8.55. The van der Waals surface area contributed by atoms with Gasteiger partial charge in [-0.25, -0.2) is 4.57 Å². The molecule has 0 saturated heterocycles. The molecule has 2 unspecified atom stereocenters. The predicted molar refractivity (Wildman–Crippen MR) is 316 cm³/mol. The lowest BCUT2D eigenvalue weighted by Gasteiger charge is -2.19. The second-order valence-electron chi connectivity index (χ2n) is 19.1. The third-order valence-corrected chi connectivity index (χ3v) is 13.1. The molecule has 0 bridgehead atoms. The largest absolute Gasteiger partial charge is 0.472 e. The van der Waals surface area contributed by atoms with E-state index in [1.54, 1.807) is 0 Å². The third-order valence-electron chi connectivity index (χ3n) is 12.1. The van der Waals surface area contributed by atoms with Crippen molar-refractivity contribution in [2.45, 2.75) is 245 Å². The Hall–Kier alpha value is -3.59. The Labute approximate surface area is 453 Å². The van der Waals surface area contributed by atoms with Crippen molar-refractivity contribution < 1.29 is 37.6 Å². The fourth-order valence-electron chi connectivity index (χ4n) is 7.78. The first-order chi connectivity index (χ1) is 36.3. The molecule has 422 valence electrons. The van der Waals surface area contributed by atoms with Gasteiger partial charge >= 0.3 is 19.8 Å². The highest BCUT2D eigenvalue weighted by molar-refractivity contribution is 7.47. The number of phosphoric acid groups is 1. The lowest BCUT2D eigenvalue weighted by molar-refractivity contribution is -0.161. The molecule has 0 aromatic heterocycles. The summed E-state index contributed by atoms with van der Waals surface area (Å²) in [6.45, 7) is 3.61. The van der Waals surface area contributed by atoms with Crippen LogP contribution in [-0.2, 0) is 32.7 Å². The quantitative estimate of drug-likeness (QED) is 0.0264. The number of rotatable bonds is 54. The van der Waals surface area contributed by atoms with E-state index >= 15 is 0 Å². The number of hydrogen-bond acceptors (Lipinski definition) is 8. The summed E-state index contributed by atoms with van der Waals surface area (Å²) in [7, 11) is -4.39. The van der Waals surface area contributed by atoms with E-state index in [1.807, 2.05) is 0 Å². The summed E-state index contributed by atoms with van der Waals surface area (Å²) in [5, 5.41) is 0. The van der Waals surface area contributed by atoms with Crippen molar-refractivity contribution in [1.82, 2.24) is 0 Å². The van der Waals surface area contributed by atoms with Gasteiger partial charge in [-0.15, -0.1) is 0 Å². The van der Waals surface area contributed by atoms with Crippen LogP contribution in [0.1, 0.15) is 239 Å². The lowest BCUT2D eigenvalue weighted by atomic mass is 10.0. The van der Waals surface area contributed by atoms with E-state index in [0.29, 0.717) is 6.42 Å². The van der Waals surface area contributed by atoms with Gasteiger partial charge in [0.2, 0.25) is 0 Å². The highest BCUT2D eigenvalue weighted by Gasteiger charge is 2.26. The summed E-state index contributed by atoms with van der Waals surface area (Å²) in [5.41, 5.74) is 5.37. The number of carbonyl (C=O) groups excluding carboxylic acids is 2. The molecule has 0 rings (SSSR count). The van der Waals surface area contributed by atoms with Gasteiger partial charge in [-0.2, -0.15) is 0 Å². The molecular formula is C64H108NO8P. The Morgan fingerprint density at radius 2 is 0.743 bits per heavy atom. The van der Waals surface area contributed by atoms with Gasteiger partial charge in [0.1, 0.15) is 6.61 Å². The van der Waals surface area contributed by atoms with Gasteiger partial charge < -0.3 is 20.1 Å². The number of unbranched alkanes of at least 4 members (excludes halogenated alkanes) is 21. The van der Waals surface area contributed by atoms with E-state index in [9.17, 15) is 19.0 Å². The van der Waals surface area contributed by atoms with Gasteiger partial charge in [0.25, 0.3) is 0 Å². The maximum Gasteiger partial charge on any atom is 0.472 e. The van der Waals surface area contributed by atoms with Gasteiger partial charge in [0, 0.05) is 19.4 Å². The van der Waals surface area contributed by atoms with Crippen LogP contribution in [0.2, 0.25) is 0 Å². The fraction of sp³-hybridized carbons (Fsp3) is 0.656. The summed E-state index contributed by atoms with van der Waals surface area (Å²) in [6.07, 6.45) is 81.2. The van der Waals surface area contributed by atoms with E-state index in [2.05, 4.69) is 135 Å². The van der Waals surface area contributed by atoms with Gasteiger partial charge in [-0.1, -0.05) is 257 Å². The molecule has 0 aromatic rings. The Morgan fingerprint density at radius 3 is 1.11 bits per heavy atom. The normalized spacial score (nSPS) is 13.9. The Balaban J connectivity index is 3.93. The molecule has 0 spiro atoms. The highest BCUT2D eigenvalue weighted by atomic mass is 31.2. The Bertz CT molecular complexity index is 1620. The van der Waals surface area contributed by atoms with Crippen molar-refractivity contribution in [3.63, 3.8) is 0 Å². The van der Waals surface area contributed by atoms with Gasteiger partial charge in [0.05, 0.1) is 13.2 Å². The van der Waals surface area contributed by atoms with Crippen molar-refractivity contribution in [1.29, 1.82) is 0 Å². The summed E-state index contributed by atoms with van der Waals surface area (Å²) in [4.78, 5) is 35.0.